The van der Waals surface area contributed by atoms with Gasteiger partial charge in [0.2, 0.25) is 0 Å². The van der Waals surface area contributed by atoms with Crippen molar-refractivity contribution in [1.82, 2.24) is 0 Å². The maximum absolute atomic E-state index is 10.4. The predicted molar refractivity (Wildman–Crippen MR) is 101 cm³/mol. The fourth-order valence-electron chi connectivity index (χ4n) is 2.43. The van der Waals surface area contributed by atoms with Gasteiger partial charge in [0.25, 0.3) is 0 Å². The summed E-state index contributed by atoms with van der Waals surface area (Å²) in [6.07, 6.45) is 27.8. The summed E-state index contributed by atoms with van der Waals surface area (Å²) in [5.74, 6) is -0.665. The Kier molecular flexibility index (Phi) is 17.7. The first-order valence-electron chi connectivity index (χ1n) is 9.44. The van der Waals surface area contributed by atoms with Crippen LogP contribution >= 0.6 is 0 Å². The SMILES string of the molecule is CCC=CCC=CCC=CCCCCCCCCCCC(=O)O. The minimum absolute atomic E-state index is 0.330. The molecule has 0 saturated heterocycles. The van der Waals surface area contributed by atoms with Crippen molar-refractivity contribution in [2.45, 2.75) is 90.4 Å². The number of hydrogen-bond donors (Lipinski definition) is 1. The average Bonchev–Trinajstić information content (AvgIpc) is 2.53. The molecule has 0 aromatic heterocycles. The second kappa shape index (κ2) is 18.7. The molecule has 2 heteroatoms. The molecule has 0 fully saturated rings. The average molecular weight is 321 g/mol. The lowest BCUT2D eigenvalue weighted by molar-refractivity contribution is -0.137. The largest absolute Gasteiger partial charge is 0.481 e. The summed E-state index contributed by atoms with van der Waals surface area (Å²) in [6.45, 7) is 2.16. The topological polar surface area (TPSA) is 37.3 Å². The number of rotatable bonds is 16. The molecule has 0 aromatic carbocycles. The van der Waals surface area contributed by atoms with Crippen molar-refractivity contribution in [3.8, 4) is 0 Å². The molecule has 1 N–H and O–H groups in total. The molecule has 0 unspecified atom stereocenters. The standard InChI is InChI=1S/C21H36O2/c1-2-3-4-5-6-7-8-9-10-11-12-13-14-15-16-17-18-19-20-21(22)23/h3-4,6-7,9-10H,2,5,8,11-20H2,1H3,(H,22,23). The van der Waals surface area contributed by atoms with Crippen molar-refractivity contribution in [2.75, 3.05) is 0 Å². The van der Waals surface area contributed by atoms with E-state index in [1.165, 1.54) is 44.9 Å². The second-order valence-electron chi connectivity index (χ2n) is 6.05. The van der Waals surface area contributed by atoms with Gasteiger partial charge in [-0.05, 0) is 38.5 Å². The van der Waals surface area contributed by atoms with Gasteiger partial charge in [-0.25, -0.2) is 0 Å². The molecule has 0 spiro atoms. The molecule has 0 heterocycles. The Bertz CT molecular complexity index is 340. The van der Waals surface area contributed by atoms with Gasteiger partial charge >= 0.3 is 5.97 Å². The van der Waals surface area contributed by atoms with Crippen LogP contribution in [0.2, 0.25) is 0 Å². The minimum Gasteiger partial charge on any atom is -0.481 e. The normalized spacial score (nSPS) is 12.0. The lowest BCUT2D eigenvalue weighted by Gasteiger charge is -2.00. The maximum Gasteiger partial charge on any atom is 0.303 e. The summed E-state index contributed by atoms with van der Waals surface area (Å²) >= 11 is 0. The Hall–Kier alpha value is -1.31. The molecule has 0 aromatic rings. The number of carbonyl (C=O) groups is 1. The van der Waals surface area contributed by atoms with Crippen LogP contribution in [-0.4, -0.2) is 11.1 Å². The monoisotopic (exact) mass is 320 g/mol. The van der Waals surface area contributed by atoms with Crippen molar-refractivity contribution < 1.29 is 9.90 Å². The molecule has 2 nitrogen and oxygen atoms in total. The van der Waals surface area contributed by atoms with Crippen LogP contribution in [0.25, 0.3) is 0 Å². The summed E-state index contributed by atoms with van der Waals surface area (Å²) in [6, 6.07) is 0. The summed E-state index contributed by atoms with van der Waals surface area (Å²) < 4.78 is 0. The molecular formula is C21H36O2. The third kappa shape index (κ3) is 20.7. The maximum atomic E-state index is 10.4. The van der Waals surface area contributed by atoms with Crippen molar-refractivity contribution in [3.05, 3.63) is 36.5 Å². The molecule has 0 aliphatic rings. The van der Waals surface area contributed by atoms with Crippen LogP contribution in [0.1, 0.15) is 90.4 Å². The van der Waals surface area contributed by atoms with Gasteiger partial charge in [0.1, 0.15) is 0 Å². The quantitative estimate of drug-likeness (QED) is 0.250. The molecule has 0 bridgehead atoms. The molecular weight excluding hydrogens is 284 g/mol. The Morgan fingerprint density at radius 2 is 1.17 bits per heavy atom. The van der Waals surface area contributed by atoms with Gasteiger partial charge in [0.15, 0.2) is 0 Å². The lowest BCUT2D eigenvalue weighted by Crippen LogP contribution is -1.93. The molecule has 0 atom stereocenters. The van der Waals surface area contributed by atoms with Gasteiger partial charge in [-0.1, -0.05) is 81.9 Å². The van der Waals surface area contributed by atoms with E-state index >= 15 is 0 Å². The van der Waals surface area contributed by atoms with E-state index in [1.54, 1.807) is 0 Å². The van der Waals surface area contributed by atoms with Gasteiger partial charge in [-0.3, -0.25) is 4.79 Å². The van der Waals surface area contributed by atoms with Crippen LogP contribution in [-0.2, 0) is 4.79 Å². The highest BCUT2D eigenvalue weighted by molar-refractivity contribution is 5.66. The van der Waals surface area contributed by atoms with E-state index in [4.69, 9.17) is 5.11 Å². The van der Waals surface area contributed by atoms with E-state index in [0.717, 1.165) is 32.1 Å². The van der Waals surface area contributed by atoms with Gasteiger partial charge < -0.3 is 5.11 Å². The summed E-state index contributed by atoms with van der Waals surface area (Å²) in [7, 11) is 0. The van der Waals surface area contributed by atoms with E-state index in [-0.39, 0.29) is 0 Å². The van der Waals surface area contributed by atoms with E-state index in [2.05, 4.69) is 43.4 Å². The zero-order valence-corrected chi connectivity index (χ0v) is 15.0. The fraction of sp³-hybridized carbons (Fsp3) is 0.667. The highest BCUT2D eigenvalue weighted by atomic mass is 16.4. The van der Waals surface area contributed by atoms with Crippen molar-refractivity contribution in [3.63, 3.8) is 0 Å². The zero-order valence-electron chi connectivity index (χ0n) is 15.0. The Morgan fingerprint density at radius 3 is 1.74 bits per heavy atom. The van der Waals surface area contributed by atoms with Crippen LogP contribution in [0.4, 0.5) is 0 Å². The van der Waals surface area contributed by atoms with Gasteiger partial charge in [-0.2, -0.15) is 0 Å². The summed E-state index contributed by atoms with van der Waals surface area (Å²) in [5.41, 5.74) is 0. The van der Waals surface area contributed by atoms with Crippen LogP contribution < -0.4 is 0 Å². The first-order valence-corrected chi connectivity index (χ1v) is 9.44. The minimum atomic E-state index is -0.665. The van der Waals surface area contributed by atoms with Crippen LogP contribution in [0.5, 0.6) is 0 Å². The molecule has 23 heavy (non-hydrogen) atoms. The second-order valence-corrected chi connectivity index (χ2v) is 6.05. The van der Waals surface area contributed by atoms with Crippen molar-refractivity contribution >= 4 is 5.97 Å². The molecule has 132 valence electrons. The molecule has 0 aliphatic carbocycles. The van der Waals surface area contributed by atoms with Crippen LogP contribution in [0, 0.1) is 0 Å². The van der Waals surface area contributed by atoms with Crippen molar-refractivity contribution in [2.24, 2.45) is 0 Å². The smallest absolute Gasteiger partial charge is 0.303 e. The third-order valence-electron chi connectivity index (χ3n) is 3.79. The Labute approximate surface area is 143 Å². The number of aliphatic carboxylic acids is 1. The Morgan fingerprint density at radius 1 is 0.696 bits per heavy atom. The molecule has 0 saturated carbocycles. The third-order valence-corrected chi connectivity index (χ3v) is 3.79. The number of allylic oxidation sites excluding steroid dienone is 6. The molecule has 0 rings (SSSR count). The van der Waals surface area contributed by atoms with E-state index in [9.17, 15) is 4.79 Å². The predicted octanol–water partition coefficient (Wildman–Crippen LogP) is 6.83. The number of hydrogen-bond acceptors (Lipinski definition) is 1. The first kappa shape index (κ1) is 21.7. The summed E-state index contributed by atoms with van der Waals surface area (Å²) in [4.78, 5) is 10.4. The lowest BCUT2D eigenvalue weighted by atomic mass is 10.1. The zero-order chi connectivity index (χ0) is 17.0. The molecule has 0 aliphatic heterocycles. The first-order chi connectivity index (χ1) is 11.3. The number of carboxylic acid groups (broad SMARTS) is 1. The fourth-order valence-corrected chi connectivity index (χ4v) is 2.43. The number of carboxylic acids is 1. The van der Waals surface area contributed by atoms with Crippen LogP contribution in [0.15, 0.2) is 36.5 Å². The van der Waals surface area contributed by atoms with Crippen molar-refractivity contribution in [1.29, 1.82) is 0 Å². The highest BCUT2D eigenvalue weighted by Gasteiger charge is 1.96. The number of unbranched alkanes of at least 4 members (excludes halogenated alkanes) is 8. The summed E-state index contributed by atoms with van der Waals surface area (Å²) in [5, 5.41) is 8.54. The van der Waals surface area contributed by atoms with Gasteiger partial charge in [0, 0.05) is 6.42 Å². The Balaban J connectivity index is 3.19. The van der Waals surface area contributed by atoms with Gasteiger partial charge in [-0.15, -0.1) is 0 Å². The van der Waals surface area contributed by atoms with E-state index < -0.39 is 5.97 Å². The van der Waals surface area contributed by atoms with Gasteiger partial charge in [0.05, 0.1) is 0 Å². The highest BCUT2D eigenvalue weighted by Crippen LogP contribution is 2.10. The molecule has 0 amide bonds. The van der Waals surface area contributed by atoms with E-state index in [1.807, 2.05) is 0 Å². The van der Waals surface area contributed by atoms with Crippen LogP contribution in [0.3, 0.4) is 0 Å². The molecule has 0 radical (unpaired) electrons. The van der Waals surface area contributed by atoms with E-state index in [0.29, 0.717) is 6.42 Å².